The molecule has 1 aliphatic rings. The molecule has 0 bridgehead atoms. The van der Waals surface area contributed by atoms with Crippen LogP contribution in [0.2, 0.25) is 0 Å². The van der Waals surface area contributed by atoms with Gasteiger partial charge in [0.25, 0.3) is 0 Å². The average Bonchev–Trinajstić information content (AvgIpc) is 2.77. The SMILES string of the molecule is CN=CC(C=N)c1cc(C(=N)c2ccc(C(C)C)c(N3CCCC(N)C3)n2)c(N)cn1. The number of pyridine rings is 2. The Labute approximate surface area is 183 Å². The molecule has 1 fully saturated rings. The van der Waals surface area contributed by atoms with Crippen LogP contribution in [0.25, 0.3) is 0 Å². The largest absolute Gasteiger partial charge is 0.397 e. The molecule has 0 aromatic carbocycles. The summed E-state index contributed by atoms with van der Waals surface area (Å²) in [5.41, 5.74) is 15.9. The minimum atomic E-state index is -0.362. The number of hydrogen-bond acceptors (Lipinski definition) is 8. The zero-order chi connectivity index (χ0) is 22.5. The monoisotopic (exact) mass is 420 g/mol. The summed E-state index contributed by atoms with van der Waals surface area (Å²) in [4.78, 5) is 15.5. The van der Waals surface area contributed by atoms with Crippen molar-refractivity contribution in [3.63, 3.8) is 0 Å². The first-order chi connectivity index (χ1) is 14.8. The van der Waals surface area contributed by atoms with Gasteiger partial charge in [-0.05, 0) is 36.5 Å². The normalized spacial score (nSPS) is 17.8. The smallest absolute Gasteiger partial charge is 0.132 e. The molecule has 2 atom stereocenters. The van der Waals surface area contributed by atoms with Crippen molar-refractivity contribution in [1.82, 2.24) is 9.97 Å². The molecule has 0 amide bonds. The molecule has 2 aromatic rings. The van der Waals surface area contributed by atoms with Gasteiger partial charge in [0.05, 0.1) is 34.9 Å². The summed E-state index contributed by atoms with van der Waals surface area (Å²) >= 11 is 0. The molecular weight excluding hydrogens is 388 g/mol. The van der Waals surface area contributed by atoms with Gasteiger partial charge in [-0.3, -0.25) is 15.4 Å². The molecule has 3 rings (SSSR count). The lowest BCUT2D eigenvalue weighted by Crippen LogP contribution is -2.43. The summed E-state index contributed by atoms with van der Waals surface area (Å²) in [5.74, 6) is 0.845. The van der Waals surface area contributed by atoms with Crippen molar-refractivity contribution in [1.29, 1.82) is 10.8 Å². The number of anilines is 2. The van der Waals surface area contributed by atoms with E-state index < -0.39 is 0 Å². The van der Waals surface area contributed by atoms with E-state index in [4.69, 9.17) is 27.3 Å². The van der Waals surface area contributed by atoms with Crippen LogP contribution < -0.4 is 16.4 Å². The van der Waals surface area contributed by atoms with Crippen molar-refractivity contribution in [2.45, 2.75) is 44.6 Å². The fourth-order valence-electron chi connectivity index (χ4n) is 3.89. The zero-order valence-corrected chi connectivity index (χ0v) is 18.5. The molecule has 1 saturated heterocycles. The van der Waals surface area contributed by atoms with Crippen molar-refractivity contribution in [2.24, 2.45) is 10.7 Å². The van der Waals surface area contributed by atoms with Crippen LogP contribution in [0.1, 0.15) is 61.0 Å². The van der Waals surface area contributed by atoms with E-state index in [1.807, 2.05) is 6.07 Å². The van der Waals surface area contributed by atoms with Crippen LogP contribution in [0.15, 0.2) is 29.4 Å². The first-order valence-electron chi connectivity index (χ1n) is 10.6. The second-order valence-electron chi connectivity index (χ2n) is 8.28. The fraction of sp³-hybridized carbons (Fsp3) is 0.435. The Balaban J connectivity index is 2.02. The third-order valence-electron chi connectivity index (χ3n) is 5.60. The summed E-state index contributed by atoms with van der Waals surface area (Å²) < 4.78 is 0. The Morgan fingerprint density at radius 3 is 2.77 bits per heavy atom. The van der Waals surface area contributed by atoms with Crippen LogP contribution in [0, 0.1) is 10.8 Å². The molecule has 3 heterocycles. The number of aromatic nitrogens is 2. The van der Waals surface area contributed by atoms with Gasteiger partial charge < -0.3 is 21.8 Å². The Morgan fingerprint density at radius 1 is 1.35 bits per heavy atom. The molecule has 6 N–H and O–H groups in total. The summed E-state index contributed by atoms with van der Waals surface area (Å²) in [6.45, 7) is 5.98. The van der Waals surface area contributed by atoms with Gasteiger partial charge in [-0.2, -0.15) is 0 Å². The maximum Gasteiger partial charge on any atom is 0.132 e. The van der Waals surface area contributed by atoms with E-state index in [-0.39, 0.29) is 17.7 Å². The number of nitrogens with one attached hydrogen (secondary N) is 2. The Kier molecular flexibility index (Phi) is 7.12. The van der Waals surface area contributed by atoms with Gasteiger partial charge in [0.1, 0.15) is 5.82 Å². The van der Waals surface area contributed by atoms with Crippen molar-refractivity contribution in [2.75, 3.05) is 30.8 Å². The van der Waals surface area contributed by atoms with Gasteiger partial charge in [0.2, 0.25) is 0 Å². The Bertz CT molecular complexity index is 982. The number of nitrogen functional groups attached to an aromatic ring is 1. The standard InChI is InChI=1S/C23H32N8/c1-14(2)17-6-7-20(30-23(17)31-8-4-5-16(25)13-31)22(27)18-9-21(29-12-19(18)26)15(10-24)11-28-3/h6-7,9-12,14-16,24,27H,4-5,8,13,25-26H2,1-3H3. The van der Waals surface area contributed by atoms with Crippen molar-refractivity contribution < 1.29 is 0 Å². The van der Waals surface area contributed by atoms with E-state index in [9.17, 15) is 0 Å². The van der Waals surface area contributed by atoms with Crippen LogP contribution in [0.3, 0.4) is 0 Å². The van der Waals surface area contributed by atoms with Crippen molar-refractivity contribution >= 4 is 29.6 Å². The van der Waals surface area contributed by atoms with Gasteiger partial charge in [-0.1, -0.05) is 19.9 Å². The van der Waals surface area contributed by atoms with E-state index in [1.165, 1.54) is 12.4 Å². The highest BCUT2D eigenvalue weighted by atomic mass is 15.2. The molecule has 0 spiro atoms. The first-order valence-corrected chi connectivity index (χ1v) is 10.6. The van der Waals surface area contributed by atoms with Gasteiger partial charge in [-0.25, -0.2) is 4.98 Å². The number of nitrogens with two attached hydrogens (primary N) is 2. The summed E-state index contributed by atoms with van der Waals surface area (Å²) in [5, 5.41) is 16.5. The minimum Gasteiger partial charge on any atom is -0.397 e. The number of nitrogens with zero attached hydrogens (tertiary/aromatic N) is 4. The van der Waals surface area contributed by atoms with E-state index in [0.717, 1.165) is 37.3 Å². The Morgan fingerprint density at radius 2 is 2.13 bits per heavy atom. The lowest BCUT2D eigenvalue weighted by atomic mass is 9.98. The third kappa shape index (κ3) is 4.96. The van der Waals surface area contributed by atoms with Crippen molar-refractivity contribution in [3.8, 4) is 0 Å². The highest BCUT2D eigenvalue weighted by Gasteiger charge is 2.23. The molecule has 1 aliphatic heterocycles. The highest BCUT2D eigenvalue weighted by molar-refractivity contribution is 6.13. The second kappa shape index (κ2) is 9.78. The molecule has 8 heteroatoms. The molecule has 0 radical (unpaired) electrons. The highest BCUT2D eigenvalue weighted by Crippen LogP contribution is 2.29. The summed E-state index contributed by atoms with van der Waals surface area (Å²) in [6.07, 6.45) is 6.51. The first kappa shape index (κ1) is 22.6. The number of aliphatic imine (C=N–C) groups is 1. The maximum atomic E-state index is 8.83. The second-order valence-corrected chi connectivity index (χ2v) is 8.28. The molecule has 0 aliphatic carbocycles. The molecule has 2 aromatic heterocycles. The number of hydrogen-bond donors (Lipinski definition) is 4. The van der Waals surface area contributed by atoms with Gasteiger partial charge in [0.15, 0.2) is 0 Å². The predicted octanol–water partition coefficient (Wildman–Crippen LogP) is 2.96. The summed E-state index contributed by atoms with van der Waals surface area (Å²) in [6, 6.07) is 5.82. The van der Waals surface area contributed by atoms with E-state index in [0.29, 0.717) is 28.6 Å². The third-order valence-corrected chi connectivity index (χ3v) is 5.60. The van der Waals surface area contributed by atoms with E-state index >= 15 is 0 Å². The summed E-state index contributed by atoms with van der Waals surface area (Å²) in [7, 11) is 1.66. The van der Waals surface area contributed by atoms with Crippen LogP contribution >= 0.6 is 0 Å². The number of piperidine rings is 1. The number of rotatable bonds is 7. The lowest BCUT2D eigenvalue weighted by Gasteiger charge is -2.34. The molecule has 0 saturated carbocycles. The zero-order valence-electron chi connectivity index (χ0n) is 18.5. The van der Waals surface area contributed by atoms with Gasteiger partial charge >= 0.3 is 0 Å². The predicted molar refractivity (Wildman–Crippen MR) is 128 cm³/mol. The van der Waals surface area contributed by atoms with Crippen LogP contribution in [0.5, 0.6) is 0 Å². The average molecular weight is 421 g/mol. The molecule has 8 nitrogen and oxygen atoms in total. The van der Waals surface area contributed by atoms with Gasteiger partial charge in [-0.15, -0.1) is 0 Å². The topological polar surface area (TPSA) is 141 Å². The van der Waals surface area contributed by atoms with Crippen molar-refractivity contribution in [3.05, 3.63) is 46.9 Å². The molecule has 31 heavy (non-hydrogen) atoms. The van der Waals surface area contributed by atoms with Crippen LogP contribution in [-0.4, -0.2) is 54.3 Å². The van der Waals surface area contributed by atoms with Crippen LogP contribution in [0.4, 0.5) is 11.5 Å². The van der Waals surface area contributed by atoms with Crippen LogP contribution in [-0.2, 0) is 0 Å². The maximum absolute atomic E-state index is 8.83. The fourth-order valence-corrected chi connectivity index (χ4v) is 3.89. The van der Waals surface area contributed by atoms with Gasteiger partial charge in [0, 0.05) is 44.2 Å². The van der Waals surface area contributed by atoms with E-state index in [1.54, 1.807) is 19.3 Å². The molecular formula is C23H32N8. The van der Waals surface area contributed by atoms with E-state index in [2.05, 4.69) is 34.8 Å². The minimum absolute atomic E-state index is 0.135. The quantitative estimate of drug-likeness (QED) is 0.510. The Hall–Kier alpha value is -3.13. The molecule has 2 unspecified atom stereocenters. The molecule has 164 valence electrons. The lowest BCUT2D eigenvalue weighted by molar-refractivity contribution is 0.501.